The van der Waals surface area contributed by atoms with Gasteiger partial charge < -0.3 is 10.8 Å². The number of sulfonamides is 1. The average molecular weight is 353 g/mol. The zero-order valence-corrected chi connectivity index (χ0v) is 12.4. The minimum atomic E-state index is -3.99. The molecule has 106 valence electrons. The molecule has 2 rings (SSSR count). The van der Waals surface area contributed by atoms with Crippen molar-refractivity contribution in [3.05, 3.63) is 22.4 Å². The highest BCUT2D eigenvalue weighted by Crippen LogP contribution is 2.44. The molecule has 1 aliphatic rings. The van der Waals surface area contributed by atoms with Gasteiger partial charge in [0.25, 0.3) is 0 Å². The fourth-order valence-electron chi connectivity index (χ4n) is 1.67. The lowest BCUT2D eigenvalue weighted by Gasteiger charge is -2.14. The van der Waals surface area contributed by atoms with E-state index in [9.17, 15) is 12.8 Å². The summed E-state index contributed by atoms with van der Waals surface area (Å²) in [6.07, 6.45) is 1.52. The van der Waals surface area contributed by atoms with Crippen molar-refractivity contribution in [1.29, 1.82) is 0 Å². The molecule has 1 saturated carbocycles. The summed E-state index contributed by atoms with van der Waals surface area (Å²) in [5.74, 6) is -0.879. The Labute approximate surface area is 119 Å². The Morgan fingerprint density at radius 1 is 1.47 bits per heavy atom. The first kappa shape index (κ1) is 14.7. The Bertz CT molecular complexity index is 602. The molecular formula is C11H14BrFN2O3S. The third kappa shape index (κ3) is 3.07. The normalized spacial score (nSPS) is 17.4. The van der Waals surface area contributed by atoms with Crippen LogP contribution in [0.15, 0.2) is 21.5 Å². The lowest BCUT2D eigenvalue weighted by molar-refractivity contribution is 0.213. The van der Waals surface area contributed by atoms with Crippen molar-refractivity contribution in [2.24, 2.45) is 5.41 Å². The molecule has 1 fully saturated rings. The van der Waals surface area contributed by atoms with Gasteiger partial charge in [-0.2, -0.15) is 0 Å². The quantitative estimate of drug-likeness (QED) is 0.694. The van der Waals surface area contributed by atoms with Crippen LogP contribution in [0.2, 0.25) is 0 Å². The van der Waals surface area contributed by atoms with Crippen molar-refractivity contribution in [1.82, 2.24) is 4.72 Å². The maximum absolute atomic E-state index is 13.8. The lowest BCUT2D eigenvalue weighted by Crippen LogP contribution is -2.32. The van der Waals surface area contributed by atoms with Crippen LogP contribution in [0.1, 0.15) is 12.8 Å². The Morgan fingerprint density at radius 3 is 2.63 bits per heavy atom. The topological polar surface area (TPSA) is 92.4 Å². The smallest absolute Gasteiger partial charge is 0.243 e. The van der Waals surface area contributed by atoms with Gasteiger partial charge in [-0.3, -0.25) is 0 Å². The Kier molecular flexibility index (Phi) is 3.87. The summed E-state index contributed by atoms with van der Waals surface area (Å²) in [5.41, 5.74) is 5.28. The van der Waals surface area contributed by atoms with Crippen LogP contribution in [0.5, 0.6) is 0 Å². The van der Waals surface area contributed by atoms with Gasteiger partial charge in [-0.15, -0.1) is 0 Å². The van der Waals surface area contributed by atoms with Gasteiger partial charge in [0, 0.05) is 24.3 Å². The predicted octanol–water partition coefficient (Wildman–Crippen LogP) is 1.22. The summed E-state index contributed by atoms with van der Waals surface area (Å²) in [4.78, 5) is -0.492. The second-order valence-electron chi connectivity index (χ2n) is 4.80. The fraction of sp³-hybridized carbons (Fsp3) is 0.455. The van der Waals surface area contributed by atoms with E-state index in [0.717, 1.165) is 18.9 Å². The number of halogens is 2. The van der Waals surface area contributed by atoms with Crippen LogP contribution in [-0.2, 0) is 10.0 Å². The van der Waals surface area contributed by atoms with Gasteiger partial charge in [-0.25, -0.2) is 17.5 Å². The van der Waals surface area contributed by atoms with Crippen molar-refractivity contribution in [3.8, 4) is 0 Å². The third-order valence-electron chi connectivity index (χ3n) is 3.24. The first-order valence-corrected chi connectivity index (χ1v) is 7.92. The summed E-state index contributed by atoms with van der Waals surface area (Å²) in [6, 6.07) is 2.37. The molecule has 5 nitrogen and oxygen atoms in total. The molecule has 1 aliphatic carbocycles. The van der Waals surface area contributed by atoms with Gasteiger partial charge in [-0.05, 0) is 40.9 Å². The summed E-state index contributed by atoms with van der Waals surface area (Å²) in [5, 5.41) is 9.13. The standard InChI is InChI=1S/C11H14BrFN2O3S/c12-8-3-7(14)4-9(10(8)13)19(17,18)15-5-11(6-16)1-2-11/h3-4,15-16H,1-2,5-6,14H2. The maximum atomic E-state index is 13.8. The lowest BCUT2D eigenvalue weighted by atomic mass is 10.1. The molecule has 0 heterocycles. The molecule has 8 heteroatoms. The Morgan fingerprint density at radius 2 is 2.11 bits per heavy atom. The summed E-state index contributed by atoms with van der Waals surface area (Å²) >= 11 is 2.92. The number of nitrogens with two attached hydrogens (primary N) is 1. The molecule has 0 bridgehead atoms. The van der Waals surface area contributed by atoms with Gasteiger partial charge in [0.1, 0.15) is 4.90 Å². The first-order valence-electron chi connectivity index (χ1n) is 5.65. The van der Waals surface area contributed by atoms with E-state index >= 15 is 0 Å². The number of aliphatic hydroxyl groups excluding tert-OH is 1. The van der Waals surface area contributed by atoms with Crippen molar-refractivity contribution in [2.45, 2.75) is 17.7 Å². The number of aliphatic hydroxyl groups is 1. The van der Waals surface area contributed by atoms with Crippen molar-refractivity contribution in [3.63, 3.8) is 0 Å². The summed E-state index contributed by atoms with van der Waals surface area (Å²) in [6.45, 7) is 0.0102. The molecule has 1 aromatic carbocycles. The van der Waals surface area contributed by atoms with E-state index in [1.807, 2.05) is 0 Å². The molecule has 1 aromatic rings. The van der Waals surface area contributed by atoms with E-state index in [2.05, 4.69) is 20.7 Å². The SMILES string of the molecule is Nc1cc(Br)c(F)c(S(=O)(=O)NCC2(CO)CC2)c1. The highest BCUT2D eigenvalue weighted by molar-refractivity contribution is 9.10. The van der Waals surface area contributed by atoms with Crippen LogP contribution in [0.4, 0.5) is 10.1 Å². The molecule has 0 aromatic heterocycles. The highest BCUT2D eigenvalue weighted by atomic mass is 79.9. The van der Waals surface area contributed by atoms with Crippen LogP contribution in [0.25, 0.3) is 0 Å². The van der Waals surface area contributed by atoms with E-state index in [1.165, 1.54) is 6.07 Å². The van der Waals surface area contributed by atoms with Gasteiger partial charge in [-0.1, -0.05) is 0 Å². The highest BCUT2D eigenvalue weighted by Gasteiger charge is 2.42. The number of nitrogens with one attached hydrogen (secondary N) is 1. The van der Waals surface area contributed by atoms with Crippen LogP contribution in [0.3, 0.4) is 0 Å². The zero-order chi connectivity index (χ0) is 14.3. The van der Waals surface area contributed by atoms with E-state index in [4.69, 9.17) is 10.8 Å². The average Bonchev–Trinajstić information content (AvgIpc) is 3.12. The molecule has 0 aliphatic heterocycles. The van der Waals surface area contributed by atoms with Gasteiger partial charge >= 0.3 is 0 Å². The second kappa shape index (κ2) is 5.01. The number of nitrogen functional groups attached to an aromatic ring is 1. The van der Waals surface area contributed by atoms with E-state index in [-0.39, 0.29) is 28.7 Å². The van der Waals surface area contributed by atoms with E-state index in [0.29, 0.717) is 0 Å². The number of hydrogen-bond acceptors (Lipinski definition) is 4. The molecule has 0 atom stereocenters. The van der Waals surface area contributed by atoms with E-state index in [1.54, 1.807) is 0 Å². The Hall–Kier alpha value is -0.700. The number of rotatable bonds is 5. The Balaban J connectivity index is 2.25. The number of hydrogen-bond donors (Lipinski definition) is 3. The van der Waals surface area contributed by atoms with Crippen LogP contribution in [-0.4, -0.2) is 26.7 Å². The summed E-state index contributed by atoms with van der Waals surface area (Å²) in [7, 11) is -3.99. The molecular weight excluding hydrogens is 339 g/mol. The van der Waals surface area contributed by atoms with Crippen LogP contribution >= 0.6 is 15.9 Å². The third-order valence-corrected chi connectivity index (χ3v) is 5.21. The minimum absolute atomic E-state index is 0.00355. The van der Waals surface area contributed by atoms with Crippen LogP contribution in [0, 0.1) is 11.2 Å². The van der Waals surface area contributed by atoms with Gasteiger partial charge in [0.2, 0.25) is 10.0 Å². The molecule has 19 heavy (non-hydrogen) atoms. The van der Waals surface area contributed by atoms with Gasteiger partial charge in [0.15, 0.2) is 5.82 Å². The van der Waals surface area contributed by atoms with Crippen molar-refractivity contribution >= 4 is 31.6 Å². The van der Waals surface area contributed by atoms with Crippen molar-refractivity contribution < 1.29 is 17.9 Å². The van der Waals surface area contributed by atoms with Crippen LogP contribution < -0.4 is 10.5 Å². The molecule has 4 N–H and O–H groups in total. The maximum Gasteiger partial charge on any atom is 0.243 e. The molecule has 0 radical (unpaired) electrons. The zero-order valence-electron chi connectivity index (χ0n) is 9.99. The van der Waals surface area contributed by atoms with Gasteiger partial charge in [0.05, 0.1) is 4.47 Å². The molecule has 0 amide bonds. The van der Waals surface area contributed by atoms with Crippen molar-refractivity contribution in [2.75, 3.05) is 18.9 Å². The summed E-state index contributed by atoms with van der Waals surface area (Å²) < 4.78 is 40.2. The largest absolute Gasteiger partial charge is 0.399 e. The molecule has 0 unspecified atom stereocenters. The number of anilines is 1. The number of benzene rings is 1. The first-order chi connectivity index (χ1) is 8.80. The van der Waals surface area contributed by atoms with E-state index < -0.39 is 20.7 Å². The monoisotopic (exact) mass is 352 g/mol. The predicted molar refractivity (Wildman–Crippen MR) is 72.5 cm³/mol. The minimum Gasteiger partial charge on any atom is -0.399 e. The fourth-order valence-corrected chi connectivity index (χ4v) is 3.57. The molecule has 0 saturated heterocycles. The molecule has 0 spiro atoms. The second-order valence-corrected chi connectivity index (χ2v) is 7.39.